The normalized spacial score (nSPS) is 21.9. The van der Waals surface area contributed by atoms with Crippen LogP contribution in [-0.2, 0) is 10.3 Å². The number of nitrogens with two attached hydrogens (primary N) is 1. The van der Waals surface area contributed by atoms with Gasteiger partial charge in [-0.05, 0) is 92.4 Å². The summed E-state index contributed by atoms with van der Waals surface area (Å²) in [6.07, 6.45) is 6.72. The van der Waals surface area contributed by atoms with Crippen molar-refractivity contribution in [3.8, 4) is 11.3 Å². The lowest BCUT2D eigenvalue weighted by Gasteiger charge is -2.28. The molecular formula is C29H32BrF2N5O2. The maximum atomic E-state index is 14.3. The highest BCUT2D eigenvalue weighted by atomic mass is 79.9. The minimum absolute atomic E-state index is 0.0503. The van der Waals surface area contributed by atoms with E-state index >= 15 is 0 Å². The number of benzene rings is 2. The van der Waals surface area contributed by atoms with Crippen LogP contribution < -0.4 is 11.1 Å². The molecule has 3 N–H and O–H groups in total. The Morgan fingerprint density at radius 1 is 1.08 bits per heavy atom. The van der Waals surface area contributed by atoms with Crippen LogP contribution in [0.4, 0.5) is 14.5 Å². The van der Waals surface area contributed by atoms with Crippen molar-refractivity contribution in [2.24, 2.45) is 0 Å². The van der Waals surface area contributed by atoms with E-state index in [9.17, 15) is 18.4 Å². The molecule has 0 atom stereocenters. The lowest BCUT2D eigenvalue weighted by Crippen LogP contribution is -2.44. The number of carbonyl (C=O) groups is 2. The zero-order valence-electron chi connectivity index (χ0n) is 22.3. The van der Waals surface area contributed by atoms with Crippen molar-refractivity contribution in [3.63, 3.8) is 0 Å². The molecule has 0 unspecified atom stereocenters. The highest BCUT2D eigenvalue weighted by Crippen LogP contribution is 2.55. The highest BCUT2D eigenvalue weighted by Gasteiger charge is 2.56. The first kappa shape index (κ1) is 27.4. The van der Waals surface area contributed by atoms with Crippen molar-refractivity contribution in [2.45, 2.75) is 83.2 Å². The molecule has 7 nitrogen and oxygen atoms in total. The molecule has 3 aromatic rings. The van der Waals surface area contributed by atoms with Gasteiger partial charge in [-0.25, -0.2) is 13.5 Å². The van der Waals surface area contributed by atoms with Gasteiger partial charge in [0.05, 0.1) is 21.9 Å². The summed E-state index contributed by atoms with van der Waals surface area (Å²) in [6, 6.07) is 5.18. The van der Waals surface area contributed by atoms with Gasteiger partial charge in [-0.15, -0.1) is 5.10 Å². The summed E-state index contributed by atoms with van der Waals surface area (Å²) in [5.74, 6) is -1.61. The van der Waals surface area contributed by atoms with Crippen molar-refractivity contribution in [3.05, 3.63) is 62.8 Å². The average Bonchev–Trinajstić information content (AvgIpc) is 3.59. The molecule has 2 aliphatic carbocycles. The van der Waals surface area contributed by atoms with Crippen LogP contribution in [0.25, 0.3) is 11.3 Å². The molecular weight excluding hydrogens is 568 g/mol. The topological polar surface area (TPSA) is 103 Å². The van der Waals surface area contributed by atoms with Gasteiger partial charge in [-0.3, -0.25) is 9.59 Å². The van der Waals surface area contributed by atoms with Crippen LogP contribution in [0.15, 0.2) is 28.9 Å². The molecule has 2 aromatic carbocycles. The van der Waals surface area contributed by atoms with E-state index in [-0.39, 0.29) is 44.9 Å². The second-order valence-electron chi connectivity index (χ2n) is 11.3. The van der Waals surface area contributed by atoms with Gasteiger partial charge < -0.3 is 11.1 Å². The van der Waals surface area contributed by atoms with E-state index in [1.165, 1.54) is 0 Å². The molecule has 0 saturated heterocycles. The van der Waals surface area contributed by atoms with Crippen molar-refractivity contribution >= 4 is 33.3 Å². The number of fused-ring (bicyclic) bond motifs is 2. The number of halogens is 3. The SMILES string of the molecule is Cc1cc(C)c(C(=O)CCCC(=O)NC23CCC(n4cc(-c5cc(F)c(Br)c(F)c5N)nn4)(CC2)C3)c(C)c1. The molecule has 10 heteroatoms. The van der Waals surface area contributed by atoms with Crippen molar-refractivity contribution in [1.82, 2.24) is 20.3 Å². The zero-order chi connectivity index (χ0) is 28.1. The Balaban J connectivity index is 1.21. The zero-order valence-corrected chi connectivity index (χ0v) is 23.9. The molecule has 0 aliphatic heterocycles. The van der Waals surface area contributed by atoms with Gasteiger partial charge >= 0.3 is 0 Å². The summed E-state index contributed by atoms with van der Waals surface area (Å²) in [5.41, 5.74) is 9.34. The molecule has 0 spiro atoms. The van der Waals surface area contributed by atoms with Crippen LogP contribution in [0.1, 0.15) is 78.4 Å². The number of aromatic nitrogens is 3. The minimum Gasteiger partial charge on any atom is -0.396 e. The van der Waals surface area contributed by atoms with Gasteiger partial charge in [-0.1, -0.05) is 22.9 Å². The summed E-state index contributed by atoms with van der Waals surface area (Å²) in [6.45, 7) is 5.92. The maximum absolute atomic E-state index is 14.3. The Morgan fingerprint density at radius 2 is 1.74 bits per heavy atom. The van der Waals surface area contributed by atoms with Crippen LogP contribution in [0.2, 0.25) is 0 Å². The fourth-order valence-corrected chi connectivity index (χ4v) is 6.94. The van der Waals surface area contributed by atoms with Gasteiger partial charge in [0.15, 0.2) is 11.6 Å². The van der Waals surface area contributed by atoms with E-state index in [0.29, 0.717) is 25.0 Å². The second-order valence-corrected chi connectivity index (χ2v) is 12.1. The fourth-order valence-electron chi connectivity index (χ4n) is 6.61. The van der Waals surface area contributed by atoms with Crippen molar-refractivity contribution in [1.29, 1.82) is 0 Å². The Morgan fingerprint density at radius 3 is 2.41 bits per heavy atom. The molecule has 2 fully saturated rings. The third-order valence-corrected chi connectivity index (χ3v) is 9.16. The first-order chi connectivity index (χ1) is 18.4. The first-order valence-corrected chi connectivity index (χ1v) is 14.0. The smallest absolute Gasteiger partial charge is 0.220 e. The number of nitrogen functional groups attached to an aromatic ring is 1. The summed E-state index contributed by atoms with van der Waals surface area (Å²) in [5, 5.41) is 11.7. The van der Waals surface area contributed by atoms with E-state index in [4.69, 9.17) is 5.73 Å². The van der Waals surface area contributed by atoms with E-state index < -0.39 is 11.6 Å². The van der Waals surface area contributed by atoms with E-state index in [2.05, 4.69) is 31.6 Å². The van der Waals surface area contributed by atoms with Gasteiger partial charge in [-0.2, -0.15) is 0 Å². The van der Waals surface area contributed by atoms with Gasteiger partial charge in [0.2, 0.25) is 5.91 Å². The van der Waals surface area contributed by atoms with Gasteiger partial charge in [0, 0.05) is 29.5 Å². The number of anilines is 1. The van der Waals surface area contributed by atoms with E-state index in [1.54, 1.807) is 10.9 Å². The Hall–Kier alpha value is -3.14. The number of aryl methyl sites for hydroxylation is 3. The monoisotopic (exact) mass is 599 g/mol. The number of Topliss-reactive ketones (excluding diaryl/α,β-unsaturated/α-hetero) is 1. The Bertz CT molecular complexity index is 1450. The number of nitrogens with one attached hydrogen (secondary N) is 1. The van der Waals surface area contributed by atoms with Gasteiger partial charge in [0.1, 0.15) is 11.5 Å². The summed E-state index contributed by atoms with van der Waals surface area (Å²) in [7, 11) is 0. The lowest BCUT2D eigenvalue weighted by molar-refractivity contribution is -0.123. The molecule has 206 valence electrons. The number of amides is 1. The molecule has 2 bridgehead atoms. The largest absolute Gasteiger partial charge is 0.396 e. The van der Waals surface area contributed by atoms with Crippen LogP contribution in [0, 0.1) is 32.4 Å². The number of hydrogen-bond donors (Lipinski definition) is 2. The number of nitrogens with zero attached hydrogens (tertiary/aromatic N) is 3. The first-order valence-electron chi connectivity index (χ1n) is 13.2. The van der Waals surface area contributed by atoms with Crippen LogP contribution in [0.5, 0.6) is 0 Å². The van der Waals surface area contributed by atoms with Crippen LogP contribution in [-0.4, -0.2) is 32.2 Å². The second kappa shape index (κ2) is 10.1. The Labute approximate surface area is 234 Å². The third-order valence-electron chi connectivity index (χ3n) is 8.43. The molecule has 1 aromatic heterocycles. The molecule has 1 amide bonds. The van der Waals surface area contributed by atoms with Crippen molar-refractivity contribution in [2.75, 3.05) is 5.73 Å². The predicted octanol–water partition coefficient (Wildman–Crippen LogP) is 6.07. The third kappa shape index (κ3) is 4.99. The Kier molecular flexibility index (Phi) is 7.11. The molecule has 5 rings (SSSR count). The minimum atomic E-state index is -0.869. The molecule has 1 heterocycles. The number of ketones is 1. The van der Waals surface area contributed by atoms with Gasteiger partial charge in [0.25, 0.3) is 0 Å². The summed E-state index contributed by atoms with van der Waals surface area (Å²) < 4.78 is 29.9. The molecule has 2 saturated carbocycles. The maximum Gasteiger partial charge on any atom is 0.220 e. The predicted molar refractivity (Wildman–Crippen MR) is 148 cm³/mol. The quantitative estimate of drug-likeness (QED) is 0.186. The highest BCUT2D eigenvalue weighted by molar-refractivity contribution is 9.10. The number of rotatable bonds is 8. The average molecular weight is 601 g/mol. The standard InChI is InChI=1S/C29H32BrF2N5O2/c1-16-11-17(2)24(18(3)12-16)22(38)5-4-6-23(39)34-28-7-9-29(15-28,10-8-28)37-14-21(35-36-37)19-13-20(31)25(30)26(32)27(19)33/h11-14H,4-10,15,33H2,1-3H3,(H,34,39). The summed E-state index contributed by atoms with van der Waals surface area (Å²) in [4.78, 5) is 25.7. The van der Waals surface area contributed by atoms with Crippen molar-refractivity contribution < 1.29 is 18.4 Å². The van der Waals surface area contributed by atoms with Crippen LogP contribution >= 0.6 is 15.9 Å². The number of carbonyl (C=O) groups excluding carboxylic acids is 2. The summed E-state index contributed by atoms with van der Waals surface area (Å²) >= 11 is 2.87. The molecule has 2 aliphatic rings. The van der Waals surface area contributed by atoms with Crippen LogP contribution in [0.3, 0.4) is 0 Å². The molecule has 0 radical (unpaired) electrons. The lowest BCUT2D eigenvalue weighted by atomic mass is 9.91. The molecule has 39 heavy (non-hydrogen) atoms. The van der Waals surface area contributed by atoms with E-state index in [0.717, 1.165) is 54.0 Å². The fraction of sp³-hybridized carbons (Fsp3) is 0.448. The number of hydrogen-bond acceptors (Lipinski definition) is 5. The van der Waals surface area contributed by atoms with E-state index in [1.807, 2.05) is 32.9 Å².